The largest absolute Gasteiger partial charge is 0.300 e. The molecule has 0 N–H and O–H groups in total. The zero-order valence-corrected chi connectivity index (χ0v) is 8.73. The van der Waals surface area contributed by atoms with Gasteiger partial charge in [0.05, 0.1) is 0 Å². The third-order valence-corrected chi connectivity index (χ3v) is 2.62. The van der Waals surface area contributed by atoms with Crippen molar-refractivity contribution in [3.05, 3.63) is 48.6 Å². The highest BCUT2D eigenvalue weighted by Crippen LogP contribution is 2.25. The number of hydrogen-bond acceptors (Lipinski definition) is 1. The first-order valence-electron chi connectivity index (χ1n) is 4.84. The van der Waals surface area contributed by atoms with E-state index in [1.54, 1.807) is 6.92 Å². The molecule has 0 aliphatic carbocycles. The molecule has 0 amide bonds. The zero-order valence-electron chi connectivity index (χ0n) is 8.73. The van der Waals surface area contributed by atoms with E-state index in [9.17, 15) is 4.79 Å². The van der Waals surface area contributed by atoms with Gasteiger partial charge in [-0.2, -0.15) is 0 Å². The Morgan fingerprint density at radius 3 is 2.36 bits per heavy atom. The van der Waals surface area contributed by atoms with Crippen molar-refractivity contribution >= 4 is 5.78 Å². The minimum Gasteiger partial charge on any atom is -0.300 e. The van der Waals surface area contributed by atoms with Crippen LogP contribution in [0.15, 0.2) is 43.0 Å². The van der Waals surface area contributed by atoms with Crippen LogP contribution in [0.5, 0.6) is 0 Å². The number of benzene rings is 1. The molecule has 1 aromatic carbocycles. The molecule has 2 unspecified atom stereocenters. The van der Waals surface area contributed by atoms with E-state index in [-0.39, 0.29) is 17.6 Å². The maximum atomic E-state index is 11.3. The van der Waals surface area contributed by atoms with Crippen LogP contribution in [0.2, 0.25) is 0 Å². The van der Waals surface area contributed by atoms with Gasteiger partial charge in [0, 0.05) is 11.8 Å². The average Bonchev–Trinajstić information content (AvgIpc) is 2.20. The molecular weight excluding hydrogens is 172 g/mol. The first-order chi connectivity index (χ1) is 6.66. The van der Waals surface area contributed by atoms with E-state index in [2.05, 4.69) is 6.58 Å². The van der Waals surface area contributed by atoms with Crippen LogP contribution in [0.25, 0.3) is 0 Å². The van der Waals surface area contributed by atoms with Crippen molar-refractivity contribution in [2.75, 3.05) is 0 Å². The Morgan fingerprint density at radius 1 is 1.36 bits per heavy atom. The Bertz CT molecular complexity index is 313. The quantitative estimate of drug-likeness (QED) is 0.663. The minimum atomic E-state index is 0.00917. The van der Waals surface area contributed by atoms with Crippen molar-refractivity contribution in [2.45, 2.75) is 19.8 Å². The molecule has 0 radical (unpaired) electrons. The lowest BCUT2D eigenvalue weighted by Gasteiger charge is -2.18. The summed E-state index contributed by atoms with van der Waals surface area (Å²) in [6, 6.07) is 10.0. The average molecular weight is 188 g/mol. The predicted molar refractivity (Wildman–Crippen MR) is 59.2 cm³/mol. The number of carbonyl (C=O) groups excluding carboxylic acids is 1. The normalized spacial score (nSPS) is 14.4. The molecule has 0 spiro atoms. The Labute approximate surface area is 85.5 Å². The maximum absolute atomic E-state index is 11.3. The van der Waals surface area contributed by atoms with Gasteiger partial charge in [0.25, 0.3) is 0 Å². The van der Waals surface area contributed by atoms with Crippen molar-refractivity contribution in [2.24, 2.45) is 5.92 Å². The number of carbonyl (C=O) groups is 1. The molecule has 0 saturated heterocycles. The monoisotopic (exact) mass is 188 g/mol. The lowest BCUT2D eigenvalue weighted by molar-refractivity contribution is -0.120. The van der Waals surface area contributed by atoms with Crippen LogP contribution in [0, 0.1) is 5.92 Å². The van der Waals surface area contributed by atoms with E-state index in [1.807, 2.05) is 43.3 Å². The lowest BCUT2D eigenvalue weighted by atomic mass is 9.85. The smallest absolute Gasteiger partial charge is 0.133 e. The van der Waals surface area contributed by atoms with Crippen LogP contribution in [-0.4, -0.2) is 5.78 Å². The summed E-state index contributed by atoms with van der Waals surface area (Å²) >= 11 is 0. The summed E-state index contributed by atoms with van der Waals surface area (Å²) in [6.07, 6.45) is 1.85. The van der Waals surface area contributed by atoms with Crippen LogP contribution in [0.4, 0.5) is 0 Å². The summed E-state index contributed by atoms with van der Waals surface area (Å²) in [6.45, 7) is 7.36. The van der Waals surface area contributed by atoms with E-state index in [1.165, 1.54) is 0 Å². The van der Waals surface area contributed by atoms with Gasteiger partial charge in [-0.3, -0.25) is 4.79 Å². The molecule has 2 atom stereocenters. The molecule has 0 heterocycles. The fourth-order valence-corrected chi connectivity index (χ4v) is 1.56. The summed E-state index contributed by atoms with van der Waals surface area (Å²) in [5, 5.41) is 0. The van der Waals surface area contributed by atoms with Crippen molar-refractivity contribution < 1.29 is 4.79 Å². The minimum absolute atomic E-state index is 0.00917. The third-order valence-electron chi connectivity index (χ3n) is 2.62. The molecule has 0 aliphatic heterocycles. The van der Waals surface area contributed by atoms with Crippen LogP contribution < -0.4 is 0 Å². The Kier molecular flexibility index (Phi) is 3.63. The van der Waals surface area contributed by atoms with Crippen molar-refractivity contribution in [3.63, 3.8) is 0 Å². The summed E-state index contributed by atoms with van der Waals surface area (Å²) in [4.78, 5) is 11.3. The topological polar surface area (TPSA) is 17.1 Å². The van der Waals surface area contributed by atoms with Crippen LogP contribution >= 0.6 is 0 Å². The molecule has 1 heteroatoms. The molecule has 1 nitrogen and oxygen atoms in total. The van der Waals surface area contributed by atoms with Crippen LogP contribution in [-0.2, 0) is 4.79 Å². The number of Topliss-reactive ketones (excluding diaryl/α,β-unsaturated/α-hetero) is 1. The van der Waals surface area contributed by atoms with Crippen molar-refractivity contribution in [3.8, 4) is 0 Å². The van der Waals surface area contributed by atoms with E-state index in [0.29, 0.717) is 0 Å². The van der Waals surface area contributed by atoms with Gasteiger partial charge < -0.3 is 0 Å². The van der Waals surface area contributed by atoms with Gasteiger partial charge in [0.1, 0.15) is 5.78 Å². The molecule has 1 rings (SSSR count). The van der Waals surface area contributed by atoms with E-state index < -0.39 is 0 Å². The number of ketones is 1. The van der Waals surface area contributed by atoms with Crippen LogP contribution in [0.3, 0.4) is 0 Å². The second-order valence-corrected chi connectivity index (χ2v) is 3.57. The first-order valence-corrected chi connectivity index (χ1v) is 4.84. The highest BCUT2D eigenvalue weighted by atomic mass is 16.1. The van der Waals surface area contributed by atoms with Gasteiger partial charge in [-0.25, -0.2) is 0 Å². The Morgan fingerprint density at radius 2 is 1.93 bits per heavy atom. The number of rotatable bonds is 4. The summed E-state index contributed by atoms with van der Waals surface area (Å²) in [7, 11) is 0. The third kappa shape index (κ3) is 2.32. The second kappa shape index (κ2) is 4.75. The lowest BCUT2D eigenvalue weighted by Crippen LogP contribution is -2.15. The van der Waals surface area contributed by atoms with Crippen molar-refractivity contribution in [1.82, 2.24) is 0 Å². The van der Waals surface area contributed by atoms with Gasteiger partial charge >= 0.3 is 0 Å². The molecule has 1 aromatic rings. The predicted octanol–water partition coefficient (Wildman–Crippen LogP) is 3.18. The molecule has 74 valence electrons. The highest BCUT2D eigenvalue weighted by Gasteiger charge is 2.19. The summed E-state index contributed by atoms with van der Waals surface area (Å²) in [5.74, 6) is 0.349. The van der Waals surface area contributed by atoms with Gasteiger partial charge in [0.2, 0.25) is 0 Å². The number of hydrogen-bond donors (Lipinski definition) is 0. The maximum Gasteiger partial charge on any atom is 0.133 e. The fraction of sp³-hybridized carbons (Fsp3) is 0.308. The van der Waals surface area contributed by atoms with Gasteiger partial charge in [0.15, 0.2) is 0 Å². The highest BCUT2D eigenvalue weighted by molar-refractivity contribution is 5.79. The molecule has 0 saturated carbocycles. The Balaban J connectivity index is 2.93. The van der Waals surface area contributed by atoms with Gasteiger partial charge in [-0.15, -0.1) is 6.58 Å². The first kappa shape index (κ1) is 10.7. The fourth-order valence-electron chi connectivity index (χ4n) is 1.56. The molecule has 0 aliphatic rings. The molecule has 0 bridgehead atoms. The SMILES string of the molecule is C=CC(c1ccccc1)C(C)C(C)=O. The zero-order chi connectivity index (χ0) is 10.6. The summed E-state index contributed by atoms with van der Waals surface area (Å²) in [5.41, 5.74) is 1.16. The second-order valence-electron chi connectivity index (χ2n) is 3.57. The molecular formula is C13H16O. The van der Waals surface area contributed by atoms with E-state index >= 15 is 0 Å². The van der Waals surface area contributed by atoms with E-state index in [0.717, 1.165) is 5.56 Å². The standard InChI is InChI=1S/C13H16O/c1-4-13(10(2)11(3)14)12-8-6-5-7-9-12/h4-10,13H,1H2,2-3H3. The van der Waals surface area contributed by atoms with Crippen molar-refractivity contribution in [1.29, 1.82) is 0 Å². The molecule has 14 heavy (non-hydrogen) atoms. The van der Waals surface area contributed by atoms with Crippen LogP contribution in [0.1, 0.15) is 25.3 Å². The number of allylic oxidation sites excluding steroid dienone is 1. The van der Waals surface area contributed by atoms with Gasteiger partial charge in [-0.05, 0) is 12.5 Å². The molecule has 0 aromatic heterocycles. The Hall–Kier alpha value is -1.37. The van der Waals surface area contributed by atoms with Gasteiger partial charge in [-0.1, -0.05) is 43.3 Å². The molecule has 0 fully saturated rings. The van der Waals surface area contributed by atoms with E-state index in [4.69, 9.17) is 0 Å². The summed E-state index contributed by atoms with van der Waals surface area (Å²) < 4.78 is 0.